The predicted molar refractivity (Wildman–Crippen MR) is 290 cm³/mol. The predicted octanol–water partition coefficient (Wildman–Crippen LogP) is 2.63. The Bertz CT molecular complexity index is 2590. The molecule has 0 unspecified atom stereocenters. The number of nitrogens with one attached hydrogen (secondary N) is 9. The van der Waals surface area contributed by atoms with Gasteiger partial charge in [-0.3, -0.25) is 28.8 Å². The summed E-state index contributed by atoms with van der Waals surface area (Å²) in [5.41, 5.74) is 1.37. The number of carboxylic acids is 1. The van der Waals surface area contributed by atoms with E-state index in [2.05, 4.69) is 61.8 Å². The SMILES string of the molecule is CC[C@H](C)[C@H](NC(=O)[C@@H](C[C@H](O)[C@H](CC(C)C)NC(=O)[C@H](Cc1cnc[nH]1)NC(=O)[C@H](Cc1ccccc1)NC(=O)[C@@H]1CCCN1C(=O)[C@H](Cc1cnc[nH]1)NC(=O)OC(C)(C)C)C(C)C)C(=O)N[C@@H](Cc1cnc[nH]1)C(=O)O. The van der Waals surface area contributed by atoms with Crippen LogP contribution in [0.2, 0.25) is 0 Å². The minimum Gasteiger partial charge on any atom is -0.480 e. The Labute approximate surface area is 461 Å². The van der Waals surface area contributed by atoms with Crippen molar-refractivity contribution in [1.29, 1.82) is 0 Å². The van der Waals surface area contributed by atoms with Gasteiger partial charge in [0, 0.05) is 73.8 Å². The van der Waals surface area contributed by atoms with Crippen molar-refractivity contribution in [2.24, 2.45) is 23.7 Å². The third kappa shape index (κ3) is 19.4. The Morgan fingerprint density at radius 1 is 0.684 bits per heavy atom. The summed E-state index contributed by atoms with van der Waals surface area (Å²) >= 11 is 0. The Hall–Kier alpha value is -7.63. The summed E-state index contributed by atoms with van der Waals surface area (Å²) in [5.74, 6) is -6.78. The zero-order valence-corrected chi connectivity index (χ0v) is 46.7. The van der Waals surface area contributed by atoms with Crippen molar-refractivity contribution in [2.75, 3.05) is 6.54 Å². The Morgan fingerprint density at radius 2 is 1.23 bits per heavy atom. The fraction of sp³-hybridized carbons (Fsp3) is 0.582. The van der Waals surface area contributed by atoms with E-state index in [9.17, 15) is 48.6 Å². The highest BCUT2D eigenvalue weighted by molar-refractivity contribution is 5.96. The van der Waals surface area contributed by atoms with Gasteiger partial charge in [0.05, 0.1) is 31.1 Å². The molecule has 0 bridgehead atoms. The third-order valence-electron chi connectivity index (χ3n) is 13.9. The van der Waals surface area contributed by atoms with Crippen molar-refractivity contribution >= 4 is 47.5 Å². The molecule has 1 aromatic carbocycles. The minimum absolute atomic E-state index is 0.00164. The van der Waals surface area contributed by atoms with Crippen molar-refractivity contribution in [2.45, 2.75) is 174 Å². The van der Waals surface area contributed by atoms with Crippen LogP contribution < -0.4 is 31.9 Å². The molecular formula is C55H81N13O11. The molecule has 1 fully saturated rings. The van der Waals surface area contributed by atoms with Gasteiger partial charge in [-0.15, -0.1) is 0 Å². The van der Waals surface area contributed by atoms with E-state index < -0.39 is 113 Å². The highest BCUT2D eigenvalue weighted by atomic mass is 16.6. The van der Waals surface area contributed by atoms with E-state index in [1.807, 2.05) is 20.8 Å². The first kappa shape index (κ1) is 62.2. The average Bonchev–Trinajstić information content (AvgIpc) is 4.28. The first-order chi connectivity index (χ1) is 37.4. The molecule has 11 N–H and O–H groups in total. The number of nitrogens with zero attached hydrogens (tertiary/aromatic N) is 4. The number of aliphatic hydroxyl groups is 1. The molecule has 5 rings (SSSR count). The zero-order valence-electron chi connectivity index (χ0n) is 46.7. The van der Waals surface area contributed by atoms with Crippen LogP contribution in [-0.4, -0.2) is 153 Å². The maximum atomic E-state index is 14.7. The highest BCUT2D eigenvalue weighted by Crippen LogP contribution is 2.24. The number of H-pyrrole nitrogens is 3. The second-order valence-corrected chi connectivity index (χ2v) is 22.2. The lowest BCUT2D eigenvalue weighted by molar-refractivity contribution is -0.142. The number of alkyl carbamates (subject to hydrolysis) is 1. The van der Waals surface area contributed by atoms with Gasteiger partial charge in [0.25, 0.3) is 0 Å². The van der Waals surface area contributed by atoms with Crippen molar-refractivity contribution in [3.8, 4) is 0 Å². The highest BCUT2D eigenvalue weighted by Gasteiger charge is 2.41. The lowest BCUT2D eigenvalue weighted by Gasteiger charge is -2.33. The number of amides is 7. The monoisotopic (exact) mass is 1100 g/mol. The van der Waals surface area contributed by atoms with Gasteiger partial charge in [0.15, 0.2) is 0 Å². The van der Waals surface area contributed by atoms with Crippen LogP contribution in [0.4, 0.5) is 4.79 Å². The first-order valence-corrected chi connectivity index (χ1v) is 27.1. The summed E-state index contributed by atoms with van der Waals surface area (Å²) in [5, 5.41) is 38.8. The number of carbonyl (C=O) groups excluding carboxylic acids is 7. The van der Waals surface area contributed by atoms with E-state index in [4.69, 9.17) is 4.74 Å². The number of ether oxygens (including phenoxy) is 1. The molecular weight excluding hydrogens is 1020 g/mol. The van der Waals surface area contributed by atoms with Crippen LogP contribution in [0.15, 0.2) is 67.9 Å². The number of likely N-dealkylation sites (tertiary alicyclic amines) is 1. The Balaban J connectivity index is 1.35. The standard InChI is InChI=1S/C55H81N13O11/c1-10-33(6)46(51(74)65-43(53(76)77)23-37-27-58-30-61-37)67-47(70)38(32(4)5)24-45(69)39(19-31(2)3)62-49(72)41(21-35-25-56-28-59-35)63-48(71)40(20-34-15-12-11-13-16-34)64-50(73)44-17-14-18-68(44)52(75)42(22-36-26-57-29-60-36)66-54(78)79-55(7,8)9/h11-13,15-16,25-33,38-46,69H,10,14,17-24H2,1-9H3,(H,56,59)(H,57,60)(H,58,61)(H,62,72)(H,63,71)(H,64,73)(H,65,74)(H,66,78)(H,67,70)(H,76,77)/t33-,38-,39-,40-,41-,42-,43-,44-,45-,46-/m0/s1. The zero-order chi connectivity index (χ0) is 58.0. The number of aromatic amines is 3. The van der Waals surface area contributed by atoms with Crippen LogP contribution in [0.1, 0.15) is 117 Å². The first-order valence-electron chi connectivity index (χ1n) is 27.1. The second kappa shape index (κ2) is 29.4. The van der Waals surface area contributed by atoms with E-state index in [-0.39, 0.29) is 63.3 Å². The molecule has 432 valence electrons. The number of carbonyl (C=O) groups is 8. The molecule has 3 aromatic heterocycles. The van der Waals surface area contributed by atoms with Gasteiger partial charge in [-0.1, -0.05) is 78.3 Å². The number of aromatic nitrogens is 6. The third-order valence-corrected chi connectivity index (χ3v) is 13.9. The summed E-state index contributed by atoms with van der Waals surface area (Å²) in [6.45, 7) is 16.3. The number of hydrogen-bond acceptors (Lipinski definition) is 13. The Morgan fingerprint density at radius 3 is 1.75 bits per heavy atom. The van der Waals surface area contributed by atoms with E-state index in [1.165, 1.54) is 42.5 Å². The van der Waals surface area contributed by atoms with Gasteiger partial charge in [-0.05, 0) is 69.8 Å². The van der Waals surface area contributed by atoms with Gasteiger partial charge in [0.1, 0.15) is 41.9 Å². The number of aliphatic hydroxyl groups excluding tert-OH is 1. The van der Waals surface area contributed by atoms with E-state index >= 15 is 0 Å². The molecule has 10 atom stereocenters. The molecule has 0 radical (unpaired) electrons. The molecule has 24 nitrogen and oxygen atoms in total. The summed E-state index contributed by atoms with van der Waals surface area (Å²) in [6, 6.07) is 0.851. The maximum Gasteiger partial charge on any atom is 0.408 e. The fourth-order valence-electron chi connectivity index (χ4n) is 9.44. The van der Waals surface area contributed by atoms with Gasteiger partial charge < -0.3 is 66.7 Å². The average molecular weight is 1100 g/mol. The van der Waals surface area contributed by atoms with Crippen LogP contribution in [0.3, 0.4) is 0 Å². The Kier molecular flexibility index (Phi) is 23.1. The number of hydrogen-bond donors (Lipinski definition) is 11. The van der Waals surface area contributed by atoms with Crippen molar-refractivity contribution in [3.05, 3.63) is 90.5 Å². The lowest BCUT2D eigenvalue weighted by atomic mass is 9.85. The van der Waals surface area contributed by atoms with Gasteiger partial charge in [-0.25, -0.2) is 24.5 Å². The molecule has 0 aliphatic carbocycles. The normalized spacial score (nSPS) is 17.0. The van der Waals surface area contributed by atoms with Crippen LogP contribution in [-0.2, 0) is 64.0 Å². The molecule has 1 saturated heterocycles. The number of aliphatic carboxylic acids is 1. The summed E-state index contributed by atoms with van der Waals surface area (Å²) in [7, 11) is 0. The molecule has 4 heterocycles. The van der Waals surface area contributed by atoms with E-state index in [0.717, 1.165) is 0 Å². The number of imidazole rings is 3. The topological polar surface area (TPSA) is 348 Å². The molecule has 1 aliphatic heterocycles. The fourth-order valence-corrected chi connectivity index (χ4v) is 9.44. The van der Waals surface area contributed by atoms with Crippen molar-refractivity contribution in [3.63, 3.8) is 0 Å². The lowest BCUT2D eigenvalue weighted by Crippen LogP contribution is -2.60. The maximum absolute atomic E-state index is 14.7. The molecule has 0 spiro atoms. The smallest absolute Gasteiger partial charge is 0.408 e. The quantitative estimate of drug-likeness (QED) is 0.0373. The van der Waals surface area contributed by atoms with Crippen LogP contribution in [0.25, 0.3) is 0 Å². The molecule has 0 saturated carbocycles. The van der Waals surface area contributed by atoms with Gasteiger partial charge in [0.2, 0.25) is 35.4 Å². The molecule has 7 amide bonds. The summed E-state index contributed by atoms with van der Waals surface area (Å²) < 4.78 is 5.47. The van der Waals surface area contributed by atoms with Crippen LogP contribution in [0.5, 0.6) is 0 Å². The van der Waals surface area contributed by atoms with Gasteiger partial charge >= 0.3 is 12.1 Å². The molecule has 1 aliphatic rings. The summed E-state index contributed by atoms with van der Waals surface area (Å²) in [6.07, 6.45) is 7.79. The molecule has 79 heavy (non-hydrogen) atoms. The van der Waals surface area contributed by atoms with Gasteiger partial charge in [-0.2, -0.15) is 0 Å². The van der Waals surface area contributed by atoms with Crippen molar-refractivity contribution < 1.29 is 53.3 Å². The number of rotatable bonds is 29. The number of carboxylic acid groups (broad SMARTS) is 1. The molecule has 24 heteroatoms. The second-order valence-electron chi connectivity index (χ2n) is 22.2. The summed E-state index contributed by atoms with van der Waals surface area (Å²) in [4.78, 5) is 134. The van der Waals surface area contributed by atoms with E-state index in [0.29, 0.717) is 35.5 Å². The van der Waals surface area contributed by atoms with Crippen molar-refractivity contribution in [1.82, 2.24) is 66.7 Å². The van der Waals surface area contributed by atoms with Crippen LogP contribution >= 0.6 is 0 Å². The largest absolute Gasteiger partial charge is 0.480 e. The molecule has 4 aromatic rings. The minimum atomic E-state index is -1.32. The number of benzene rings is 1. The van der Waals surface area contributed by atoms with E-state index in [1.54, 1.807) is 71.9 Å². The van der Waals surface area contributed by atoms with Crippen LogP contribution in [0, 0.1) is 23.7 Å².